The maximum Gasteiger partial charge on any atom is 0.305 e. The third kappa shape index (κ3) is 9.72. The van der Waals surface area contributed by atoms with Crippen molar-refractivity contribution in [1.29, 1.82) is 0 Å². The number of hydrogen-bond acceptors (Lipinski definition) is 5. The van der Waals surface area contributed by atoms with Crippen LogP contribution in [0.2, 0.25) is 0 Å². The van der Waals surface area contributed by atoms with Crippen molar-refractivity contribution >= 4 is 27.6 Å². The fourth-order valence-corrected chi connectivity index (χ4v) is 4.95. The maximum atomic E-state index is 11.5. The lowest BCUT2D eigenvalue weighted by Crippen LogP contribution is -2.11. The number of carbonyl (C=O) groups excluding carboxylic acids is 1. The van der Waals surface area contributed by atoms with E-state index in [-0.39, 0.29) is 5.97 Å². The van der Waals surface area contributed by atoms with Crippen LogP contribution in [0, 0.1) is 0 Å². The molecule has 1 aliphatic heterocycles. The van der Waals surface area contributed by atoms with Gasteiger partial charge in [0.2, 0.25) is 0 Å². The van der Waals surface area contributed by atoms with Gasteiger partial charge in [0.15, 0.2) is 0 Å². The number of hydrogen-bond donors (Lipinski definition) is 0. The van der Waals surface area contributed by atoms with Crippen LogP contribution in [0.5, 0.6) is 0 Å². The third-order valence-corrected chi connectivity index (χ3v) is 6.08. The fourth-order valence-electron chi connectivity index (χ4n) is 1.92. The second-order valence-electron chi connectivity index (χ2n) is 4.84. The quantitative estimate of drug-likeness (QED) is 0.233. The minimum Gasteiger partial charge on any atom is -0.463 e. The lowest BCUT2D eigenvalue weighted by atomic mass is 10.1. The molecule has 3 nitrogen and oxygen atoms in total. The molecule has 0 aromatic rings. The molecule has 1 atom stereocenters. The van der Waals surface area contributed by atoms with Crippen LogP contribution in [0.3, 0.4) is 0 Å². The van der Waals surface area contributed by atoms with Crippen molar-refractivity contribution in [2.24, 2.45) is 0 Å². The second kappa shape index (κ2) is 12.6. The molecule has 116 valence electrons. The van der Waals surface area contributed by atoms with E-state index >= 15 is 0 Å². The Balaban J connectivity index is 1.81. The van der Waals surface area contributed by atoms with Crippen molar-refractivity contribution in [1.82, 2.24) is 0 Å². The average molecular weight is 319 g/mol. The fraction of sp³-hybridized carbons (Fsp3) is 0.800. The summed E-state index contributed by atoms with van der Waals surface area (Å²) in [6.07, 6.45) is 9.01. The standard InChI is InChI=1S/C15H26O3S2/c1-2-3-6-10-17-11-12-18-15(16)8-5-4-7-14-9-13-19-20-14/h2,14H,1,3-13H2. The molecular formula is C15H26O3S2. The molecule has 0 aromatic heterocycles. The summed E-state index contributed by atoms with van der Waals surface area (Å²) in [6.45, 7) is 5.24. The molecule has 0 radical (unpaired) electrons. The van der Waals surface area contributed by atoms with Gasteiger partial charge in [-0.2, -0.15) is 0 Å². The van der Waals surface area contributed by atoms with Crippen molar-refractivity contribution in [3.05, 3.63) is 12.7 Å². The first-order chi connectivity index (χ1) is 9.83. The van der Waals surface area contributed by atoms with Gasteiger partial charge in [-0.15, -0.1) is 6.58 Å². The van der Waals surface area contributed by atoms with Gasteiger partial charge in [0.25, 0.3) is 0 Å². The zero-order valence-electron chi connectivity index (χ0n) is 12.2. The number of unbranched alkanes of at least 4 members (excludes halogenated alkanes) is 2. The van der Waals surface area contributed by atoms with Gasteiger partial charge in [-0.05, 0) is 32.1 Å². The maximum absolute atomic E-state index is 11.5. The molecule has 5 heteroatoms. The third-order valence-electron chi connectivity index (χ3n) is 3.07. The van der Waals surface area contributed by atoms with Crippen LogP contribution in [0.15, 0.2) is 12.7 Å². The summed E-state index contributed by atoms with van der Waals surface area (Å²) in [4.78, 5) is 11.5. The summed E-state index contributed by atoms with van der Waals surface area (Å²) in [6, 6.07) is 0. The summed E-state index contributed by atoms with van der Waals surface area (Å²) in [7, 11) is 3.98. The van der Waals surface area contributed by atoms with E-state index in [0.29, 0.717) is 26.2 Å². The van der Waals surface area contributed by atoms with Crippen molar-refractivity contribution in [2.45, 2.75) is 50.2 Å². The zero-order valence-corrected chi connectivity index (χ0v) is 13.8. The highest BCUT2D eigenvalue weighted by Crippen LogP contribution is 2.39. The lowest BCUT2D eigenvalue weighted by Gasteiger charge is -2.07. The summed E-state index contributed by atoms with van der Waals surface area (Å²) >= 11 is 0. The van der Waals surface area contributed by atoms with E-state index < -0.39 is 0 Å². The van der Waals surface area contributed by atoms with E-state index in [9.17, 15) is 4.79 Å². The molecule has 0 spiro atoms. The molecule has 1 saturated heterocycles. The Morgan fingerprint density at radius 3 is 2.90 bits per heavy atom. The monoisotopic (exact) mass is 318 g/mol. The molecule has 0 saturated carbocycles. The molecule has 0 aromatic carbocycles. The largest absolute Gasteiger partial charge is 0.463 e. The minimum atomic E-state index is -0.0897. The Kier molecular flexibility index (Phi) is 11.3. The Morgan fingerprint density at radius 2 is 2.15 bits per heavy atom. The van der Waals surface area contributed by atoms with Crippen molar-refractivity contribution in [2.75, 3.05) is 25.6 Å². The minimum absolute atomic E-state index is 0.0897. The van der Waals surface area contributed by atoms with Crippen LogP contribution in [0.25, 0.3) is 0 Å². The molecule has 1 fully saturated rings. The van der Waals surface area contributed by atoms with Gasteiger partial charge in [0, 0.05) is 24.0 Å². The highest BCUT2D eigenvalue weighted by atomic mass is 33.1. The van der Waals surface area contributed by atoms with E-state index in [2.05, 4.69) is 6.58 Å². The van der Waals surface area contributed by atoms with E-state index in [1.807, 2.05) is 27.7 Å². The summed E-state index contributed by atoms with van der Waals surface area (Å²) in [5.41, 5.74) is 0. The number of ether oxygens (including phenoxy) is 2. The molecule has 0 aliphatic carbocycles. The molecule has 0 amide bonds. The summed E-state index contributed by atoms with van der Waals surface area (Å²) in [5.74, 6) is 1.19. The normalized spacial score (nSPS) is 18.1. The van der Waals surface area contributed by atoms with Crippen LogP contribution in [0.4, 0.5) is 0 Å². The summed E-state index contributed by atoms with van der Waals surface area (Å²) < 4.78 is 10.5. The Hall–Kier alpha value is -0.130. The molecular weight excluding hydrogens is 292 g/mol. The van der Waals surface area contributed by atoms with Gasteiger partial charge >= 0.3 is 5.97 Å². The van der Waals surface area contributed by atoms with E-state index in [1.54, 1.807) is 0 Å². The van der Waals surface area contributed by atoms with Gasteiger partial charge in [0.1, 0.15) is 6.61 Å². The van der Waals surface area contributed by atoms with Crippen LogP contribution in [-0.2, 0) is 14.3 Å². The Bertz CT molecular complexity index is 266. The van der Waals surface area contributed by atoms with E-state index in [4.69, 9.17) is 9.47 Å². The second-order valence-corrected chi connectivity index (χ2v) is 7.63. The molecule has 1 unspecified atom stereocenters. The SMILES string of the molecule is C=CCCCOCCOC(=O)CCCCC1CCSS1. The molecule has 20 heavy (non-hydrogen) atoms. The van der Waals surface area contributed by atoms with Gasteiger partial charge in [-0.25, -0.2) is 0 Å². The smallest absolute Gasteiger partial charge is 0.305 e. The number of esters is 1. The Labute approximate surface area is 130 Å². The van der Waals surface area contributed by atoms with Crippen LogP contribution >= 0.6 is 21.6 Å². The van der Waals surface area contributed by atoms with Crippen LogP contribution in [0.1, 0.15) is 44.9 Å². The van der Waals surface area contributed by atoms with Gasteiger partial charge in [-0.3, -0.25) is 4.79 Å². The lowest BCUT2D eigenvalue weighted by molar-refractivity contribution is -0.145. The predicted octanol–water partition coefficient (Wildman–Crippen LogP) is 4.23. The molecule has 1 heterocycles. The van der Waals surface area contributed by atoms with E-state index in [0.717, 1.165) is 30.9 Å². The van der Waals surface area contributed by atoms with Crippen LogP contribution in [-0.4, -0.2) is 36.8 Å². The first-order valence-electron chi connectivity index (χ1n) is 7.45. The zero-order chi connectivity index (χ0) is 14.5. The first kappa shape index (κ1) is 17.9. The highest BCUT2D eigenvalue weighted by Gasteiger charge is 2.15. The van der Waals surface area contributed by atoms with Crippen molar-refractivity contribution in [3.8, 4) is 0 Å². The average Bonchev–Trinajstić information content (AvgIpc) is 2.96. The Morgan fingerprint density at radius 1 is 1.25 bits per heavy atom. The number of allylic oxidation sites excluding steroid dienone is 1. The summed E-state index contributed by atoms with van der Waals surface area (Å²) in [5, 5.41) is 0.806. The van der Waals surface area contributed by atoms with Gasteiger partial charge in [-0.1, -0.05) is 34.1 Å². The van der Waals surface area contributed by atoms with E-state index in [1.165, 1.54) is 18.6 Å². The molecule has 0 bridgehead atoms. The topological polar surface area (TPSA) is 35.5 Å². The molecule has 1 aliphatic rings. The number of carbonyl (C=O) groups is 1. The predicted molar refractivity (Wildman–Crippen MR) is 88.1 cm³/mol. The van der Waals surface area contributed by atoms with Gasteiger partial charge < -0.3 is 9.47 Å². The van der Waals surface area contributed by atoms with Crippen molar-refractivity contribution in [3.63, 3.8) is 0 Å². The van der Waals surface area contributed by atoms with Crippen LogP contribution < -0.4 is 0 Å². The first-order valence-corrected chi connectivity index (χ1v) is 9.83. The molecule has 1 rings (SSSR count). The van der Waals surface area contributed by atoms with Crippen molar-refractivity contribution < 1.29 is 14.3 Å². The number of rotatable bonds is 12. The van der Waals surface area contributed by atoms with Gasteiger partial charge in [0.05, 0.1) is 6.61 Å². The highest BCUT2D eigenvalue weighted by molar-refractivity contribution is 8.77. The molecule has 0 N–H and O–H groups in total.